The van der Waals surface area contributed by atoms with Gasteiger partial charge < -0.3 is 19.5 Å². The fourth-order valence-electron chi connectivity index (χ4n) is 3.96. The van der Waals surface area contributed by atoms with Gasteiger partial charge in [-0.1, -0.05) is 6.92 Å². The number of aliphatic hydroxyl groups is 1. The van der Waals surface area contributed by atoms with Crippen LogP contribution in [0.15, 0.2) is 24.3 Å². The third kappa shape index (κ3) is 4.76. The molecule has 2 aliphatic rings. The van der Waals surface area contributed by atoms with Crippen molar-refractivity contribution in [1.82, 2.24) is 4.90 Å². The molecule has 1 aliphatic heterocycles. The monoisotopic (exact) mass is 393 g/mol. The van der Waals surface area contributed by atoms with Crippen molar-refractivity contribution in [3.63, 3.8) is 0 Å². The molecule has 1 saturated carbocycles. The number of ether oxygens (including phenoxy) is 2. The molecule has 4 atom stereocenters. The summed E-state index contributed by atoms with van der Waals surface area (Å²) in [4.78, 5) is 25.7. The van der Waals surface area contributed by atoms with Crippen LogP contribution < -0.4 is 4.74 Å². The molecular weight excluding hydrogens is 366 g/mol. The molecule has 1 aliphatic carbocycles. The molecule has 0 spiro atoms. The maximum absolute atomic E-state index is 12.3. The van der Waals surface area contributed by atoms with E-state index in [4.69, 9.17) is 9.47 Å². The molecule has 1 amide bonds. The number of likely N-dealkylation sites (tertiary alicyclic amines) is 1. The van der Waals surface area contributed by atoms with E-state index in [-0.39, 0.29) is 18.0 Å². The van der Waals surface area contributed by atoms with Crippen molar-refractivity contribution < 1.29 is 24.2 Å². The number of methoxy groups -OCH3 is 1. The molecule has 1 N–H and O–H groups in total. The van der Waals surface area contributed by atoms with Gasteiger partial charge in [0.15, 0.2) is 0 Å². The second-order valence-corrected chi connectivity index (χ2v) is 8.44. The minimum atomic E-state index is -0.549. The summed E-state index contributed by atoms with van der Waals surface area (Å²) in [6.07, 6.45) is 0.539. The smallest absolute Gasteiger partial charge is 0.337 e. The van der Waals surface area contributed by atoms with E-state index < -0.39 is 6.10 Å². The van der Waals surface area contributed by atoms with Gasteiger partial charge in [-0.05, 0) is 54.7 Å². The summed E-state index contributed by atoms with van der Waals surface area (Å²) in [5.41, 5.74) is 0.462. The van der Waals surface area contributed by atoms with Crippen LogP contribution in [0, 0.1) is 11.8 Å². The quantitative estimate of drug-likeness (QED) is 0.747. The van der Waals surface area contributed by atoms with Crippen molar-refractivity contribution in [2.24, 2.45) is 11.8 Å². The lowest BCUT2D eigenvalue weighted by Crippen LogP contribution is -2.42. The first-order valence-corrected chi connectivity index (χ1v) is 10.6. The molecule has 1 aromatic carbocycles. The van der Waals surface area contributed by atoms with Crippen LogP contribution in [0.25, 0.3) is 0 Å². The van der Waals surface area contributed by atoms with Gasteiger partial charge in [0.1, 0.15) is 11.9 Å². The fraction of sp³-hybridized carbons (Fsp3) is 0.600. The molecule has 0 aromatic heterocycles. The Hall–Kier alpha value is -1.73. The first kappa shape index (κ1) is 20.0. The Morgan fingerprint density at radius 2 is 1.85 bits per heavy atom. The van der Waals surface area contributed by atoms with Gasteiger partial charge in [-0.25, -0.2) is 4.79 Å². The van der Waals surface area contributed by atoms with Crippen LogP contribution in [0.5, 0.6) is 5.75 Å². The Balaban J connectivity index is 1.58. The van der Waals surface area contributed by atoms with Crippen LogP contribution in [0.4, 0.5) is 0 Å². The lowest BCUT2D eigenvalue weighted by molar-refractivity contribution is -0.127. The Labute approximate surface area is 164 Å². The van der Waals surface area contributed by atoms with Crippen LogP contribution in [0.2, 0.25) is 0 Å². The lowest BCUT2D eigenvalue weighted by atomic mass is 9.78. The van der Waals surface area contributed by atoms with Gasteiger partial charge in [0.05, 0.1) is 24.5 Å². The van der Waals surface area contributed by atoms with Crippen molar-refractivity contribution >= 4 is 23.6 Å². The first-order valence-electron chi connectivity index (χ1n) is 9.40. The number of thioether (sulfide) groups is 1. The third-order valence-electron chi connectivity index (χ3n) is 5.43. The molecule has 1 aromatic rings. The van der Waals surface area contributed by atoms with Gasteiger partial charge in [0.25, 0.3) is 0 Å². The molecule has 27 heavy (non-hydrogen) atoms. The number of carbonyl (C=O) groups excluding carboxylic acids is 2. The molecule has 7 heteroatoms. The number of nitrogens with zero attached hydrogens (tertiary/aromatic N) is 1. The van der Waals surface area contributed by atoms with Crippen molar-refractivity contribution in [1.29, 1.82) is 0 Å². The maximum Gasteiger partial charge on any atom is 0.337 e. The minimum absolute atomic E-state index is 0.196. The van der Waals surface area contributed by atoms with Crippen LogP contribution in [-0.4, -0.2) is 65.8 Å². The summed E-state index contributed by atoms with van der Waals surface area (Å²) >= 11 is 1.65. The highest BCUT2D eigenvalue weighted by Gasteiger charge is 2.43. The highest BCUT2D eigenvalue weighted by atomic mass is 32.2. The van der Waals surface area contributed by atoms with E-state index in [1.807, 2.05) is 4.90 Å². The molecule has 1 heterocycles. The van der Waals surface area contributed by atoms with Gasteiger partial charge in [-0.15, -0.1) is 0 Å². The molecule has 0 bridgehead atoms. The van der Waals surface area contributed by atoms with E-state index in [0.717, 1.165) is 25.3 Å². The number of rotatable bonds is 6. The number of fused-ring (bicyclic) bond motifs is 1. The van der Waals surface area contributed by atoms with E-state index in [9.17, 15) is 14.7 Å². The Kier molecular flexibility index (Phi) is 6.65. The average molecular weight is 394 g/mol. The van der Waals surface area contributed by atoms with Crippen LogP contribution >= 0.6 is 11.8 Å². The average Bonchev–Trinajstić information content (AvgIpc) is 3.09. The number of aliphatic hydroxyl groups excluding tert-OH is 1. The molecule has 6 nitrogen and oxygen atoms in total. The number of hydrogen-bond donors (Lipinski definition) is 1. The zero-order valence-electron chi connectivity index (χ0n) is 15.8. The largest absolute Gasteiger partial charge is 0.488 e. The summed E-state index contributed by atoms with van der Waals surface area (Å²) in [5, 5.41) is 10.5. The van der Waals surface area contributed by atoms with E-state index in [1.165, 1.54) is 7.11 Å². The number of esters is 1. The first-order chi connectivity index (χ1) is 13.0. The highest BCUT2D eigenvalue weighted by Crippen LogP contribution is 2.38. The third-order valence-corrected chi connectivity index (χ3v) is 6.29. The van der Waals surface area contributed by atoms with Crippen LogP contribution in [0.1, 0.15) is 30.1 Å². The summed E-state index contributed by atoms with van der Waals surface area (Å²) in [7, 11) is 1.35. The molecule has 0 radical (unpaired) electrons. The fourth-order valence-corrected chi connectivity index (χ4v) is 4.52. The normalized spacial score (nSPS) is 27.1. The van der Waals surface area contributed by atoms with Crippen LogP contribution in [-0.2, 0) is 9.53 Å². The summed E-state index contributed by atoms with van der Waals surface area (Å²) in [6, 6.07) is 6.75. The van der Waals surface area contributed by atoms with E-state index in [0.29, 0.717) is 35.3 Å². The van der Waals surface area contributed by atoms with Crippen molar-refractivity contribution in [2.45, 2.75) is 32.0 Å². The zero-order valence-corrected chi connectivity index (χ0v) is 16.6. The van der Waals surface area contributed by atoms with Crippen molar-refractivity contribution in [2.75, 3.05) is 31.7 Å². The van der Waals surface area contributed by atoms with Crippen molar-refractivity contribution in [3.8, 4) is 5.75 Å². The second kappa shape index (κ2) is 8.97. The molecule has 1 saturated heterocycles. The summed E-state index contributed by atoms with van der Waals surface area (Å²) in [5.74, 6) is 2.61. The van der Waals surface area contributed by atoms with Gasteiger partial charge in [0, 0.05) is 13.1 Å². The molecule has 148 valence electrons. The van der Waals surface area contributed by atoms with Crippen molar-refractivity contribution in [3.05, 3.63) is 29.8 Å². The molecule has 3 rings (SSSR count). The predicted molar refractivity (Wildman–Crippen MR) is 104 cm³/mol. The SMILES string of the molecule is CCSCC(=O)N1C[C@H]2C[C@@H](Oc3ccc(C(=O)OC)cc3)[C@H](O)C[C@H]2C1. The standard InChI is InChI=1S/C20H27NO5S/c1-3-27-12-19(23)21-10-14-8-17(22)18(9-15(14)11-21)26-16-6-4-13(5-7-16)20(24)25-2/h4-7,14-15,17-18,22H,3,8-12H2,1-2H3/t14-,15+,17+,18+/m0/s1. The molecule has 0 unspecified atom stereocenters. The predicted octanol–water partition coefficient (Wildman–Crippen LogP) is 2.20. The lowest BCUT2D eigenvalue weighted by Gasteiger charge is -2.35. The Bertz CT molecular complexity index is 665. The zero-order chi connectivity index (χ0) is 19.4. The Morgan fingerprint density at radius 3 is 2.48 bits per heavy atom. The minimum Gasteiger partial charge on any atom is -0.488 e. The van der Waals surface area contributed by atoms with E-state index in [1.54, 1.807) is 36.0 Å². The maximum atomic E-state index is 12.3. The van der Waals surface area contributed by atoms with Gasteiger partial charge in [-0.3, -0.25) is 4.79 Å². The number of amides is 1. The molecular formula is C20H27NO5S. The van der Waals surface area contributed by atoms with Crippen LogP contribution in [0.3, 0.4) is 0 Å². The topological polar surface area (TPSA) is 76.1 Å². The van der Waals surface area contributed by atoms with Gasteiger partial charge in [0.2, 0.25) is 5.91 Å². The summed E-state index contributed by atoms with van der Waals surface area (Å²) < 4.78 is 10.7. The number of hydrogen-bond acceptors (Lipinski definition) is 6. The highest BCUT2D eigenvalue weighted by molar-refractivity contribution is 7.99. The number of benzene rings is 1. The van der Waals surface area contributed by atoms with Gasteiger partial charge >= 0.3 is 5.97 Å². The van der Waals surface area contributed by atoms with E-state index >= 15 is 0 Å². The number of carbonyl (C=O) groups is 2. The Morgan fingerprint density at radius 1 is 1.19 bits per heavy atom. The summed E-state index contributed by atoms with van der Waals surface area (Å²) in [6.45, 7) is 3.55. The molecule has 2 fully saturated rings. The van der Waals surface area contributed by atoms with Gasteiger partial charge in [-0.2, -0.15) is 11.8 Å². The van der Waals surface area contributed by atoms with E-state index in [2.05, 4.69) is 6.92 Å². The second-order valence-electron chi connectivity index (χ2n) is 7.17.